The fourth-order valence-corrected chi connectivity index (χ4v) is 8.66. The van der Waals surface area contributed by atoms with Crippen LogP contribution in [-0.4, -0.2) is 56.0 Å². The van der Waals surface area contributed by atoms with Gasteiger partial charge in [0.05, 0.1) is 24.2 Å². The Morgan fingerprint density at radius 3 is 1.22 bits per heavy atom. The first-order chi connectivity index (χ1) is 28.6. The standard InChI is InChI=1S/C52H57N3O4/c1-51(2)39-58-52(3,4)55(51)50(57)59-49(47(45-33-21-10-22-34-45)54(37-42-27-15-7-16-28-42)38-43-29-17-8-18-30-43)48(56)46(44-31-19-9-20-32-44)53(35-40-23-11-5-12-24-40)36-41-25-13-6-14-26-41/h5-34,46-49,56H,35-39H2,1-4H3/t46-,47-,48-,49+/m0/s1. The van der Waals surface area contributed by atoms with Crippen molar-refractivity contribution in [2.45, 2.75) is 89.4 Å². The monoisotopic (exact) mass is 787 g/mol. The summed E-state index contributed by atoms with van der Waals surface area (Å²) in [6.07, 6.45) is -2.82. The van der Waals surface area contributed by atoms with Crippen molar-refractivity contribution in [1.29, 1.82) is 0 Å². The van der Waals surface area contributed by atoms with Crippen LogP contribution in [0.25, 0.3) is 0 Å². The lowest BCUT2D eigenvalue weighted by molar-refractivity contribution is -0.112. The van der Waals surface area contributed by atoms with Crippen molar-refractivity contribution < 1.29 is 19.4 Å². The third-order valence-electron chi connectivity index (χ3n) is 11.3. The van der Waals surface area contributed by atoms with E-state index >= 15 is 4.79 Å². The van der Waals surface area contributed by atoms with Gasteiger partial charge in [0.1, 0.15) is 11.8 Å². The maximum Gasteiger partial charge on any atom is 0.413 e. The summed E-state index contributed by atoms with van der Waals surface area (Å²) in [7, 11) is 0. The van der Waals surface area contributed by atoms with Gasteiger partial charge in [0, 0.05) is 26.2 Å². The Labute approximate surface area is 350 Å². The highest BCUT2D eigenvalue weighted by Gasteiger charge is 2.52. The summed E-state index contributed by atoms with van der Waals surface area (Å²) in [5.74, 6) is 0. The van der Waals surface area contributed by atoms with Crippen LogP contribution in [0.15, 0.2) is 182 Å². The lowest BCUT2D eigenvalue weighted by Gasteiger charge is -2.45. The minimum atomic E-state index is -1.22. The number of aliphatic hydroxyl groups excluding tert-OH is 1. The van der Waals surface area contributed by atoms with E-state index in [0.717, 1.165) is 33.4 Å². The molecule has 0 radical (unpaired) electrons. The van der Waals surface area contributed by atoms with Crippen LogP contribution in [0.1, 0.15) is 73.2 Å². The molecule has 59 heavy (non-hydrogen) atoms. The first-order valence-electron chi connectivity index (χ1n) is 20.7. The number of ether oxygens (including phenoxy) is 2. The van der Waals surface area contributed by atoms with Crippen LogP contribution in [-0.2, 0) is 35.7 Å². The molecule has 1 amide bonds. The summed E-state index contributed by atoms with van der Waals surface area (Å²) < 4.78 is 13.2. The Kier molecular flexibility index (Phi) is 13.4. The third-order valence-corrected chi connectivity index (χ3v) is 11.3. The van der Waals surface area contributed by atoms with Crippen LogP contribution in [0.5, 0.6) is 0 Å². The molecule has 1 aliphatic heterocycles. The van der Waals surface area contributed by atoms with E-state index < -0.39 is 41.6 Å². The molecule has 0 aromatic heterocycles. The van der Waals surface area contributed by atoms with Gasteiger partial charge in [0.2, 0.25) is 0 Å². The van der Waals surface area contributed by atoms with Gasteiger partial charge in [-0.2, -0.15) is 0 Å². The number of amides is 1. The summed E-state index contributed by atoms with van der Waals surface area (Å²) in [6, 6.07) is 60.6. The Morgan fingerprint density at radius 2 is 0.881 bits per heavy atom. The summed E-state index contributed by atoms with van der Waals surface area (Å²) in [6.45, 7) is 10.3. The highest BCUT2D eigenvalue weighted by Crippen LogP contribution is 2.41. The lowest BCUT2D eigenvalue weighted by Crippen LogP contribution is -2.56. The molecule has 7 heteroatoms. The van der Waals surface area contributed by atoms with Gasteiger partial charge in [-0.15, -0.1) is 0 Å². The molecule has 0 bridgehead atoms. The Balaban J connectivity index is 1.42. The summed E-state index contributed by atoms with van der Waals surface area (Å²) in [4.78, 5) is 21.4. The number of rotatable bonds is 16. The van der Waals surface area contributed by atoms with Gasteiger partial charge in [-0.25, -0.2) is 4.79 Å². The molecule has 0 spiro atoms. The summed E-state index contributed by atoms with van der Waals surface area (Å²) >= 11 is 0. The van der Waals surface area contributed by atoms with E-state index in [4.69, 9.17) is 9.47 Å². The quantitative estimate of drug-likeness (QED) is 0.105. The maximum atomic E-state index is 15.1. The molecule has 6 aromatic carbocycles. The van der Waals surface area contributed by atoms with Gasteiger partial charge in [-0.1, -0.05) is 182 Å². The zero-order valence-electron chi connectivity index (χ0n) is 34.7. The SMILES string of the molecule is CC1(C)COC(C)(C)N1C(=O)O[C@@H]([C@@H](O)[C@H](c1ccccc1)N(Cc1ccccc1)Cc1ccccc1)[C@H](c1ccccc1)N(Cc1ccccc1)Cc1ccccc1. The molecule has 1 saturated heterocycles. The Hall–Kier alpha value is -5.57. The van der Waals surface area contributed by atoms with Crippen molar-refractivity contribution in [2.75, 3.05) is 6.61 Å². The zero-order valence-corrected chi connectivity index (χ0v) is 34.7. The van der Waals surface area contributed by atoms with E-state index in [0.29, 0.717) is 32.8 Å². The minimum absolute atomic E-state index is 0.354. The number of benzene rings is 6. The van der Waals surface area contributed by atoms with Gasteiger partial charge in [-0.05, 0) is 61.1 Å². The fourth-order valence-electron chi connectivity index (χ4n) is 8.66. The number of nitrogens with zero attached hydrogens (tertiary/aromatic N) is 3. The van der Waals surface area contributed by atoms with Crippen LogP contribution in [0, 0.1) is 0 Å². The van der Waals surface area contributed by atoms with Crippen molar-refractivity contribution in [2.24, 2.45) is 0 Å². The van der Waals surface area contributed by atoms with Crippen molar-refractivity contribution in [1.82, 2.24) is 14.7 Å². The van der Waals surface area contributed by atoms with Gasteiger partial charge < -0.3 is 14.6 Å². The second-order valence-corrected chi connectivity index (χ2v) is 16.7. The summed E-state index contributed by atoms with van der Waals surface area (Å²) in [5, 5.41) is 13.6. The molecule has 1 fully saturated rings. The molecule has 0 aliphatic carbocycles. The topological polar surface area (TPSA) is 65.5 Å². The Morgan fingerprint density at radius 1 is 0.559 bits per heavy atom. The maximum absolute atomic E-state index is 15.1. The van der Waals surface area contributed by atoms with Gasteiger partial charge in [-0.3, -0.25) is 14.7 Å². The van der Waals surface area contributed by atoms with E-state index in [9.17, 15) is 5.11 Å². The molecule has 7 rings (SSSR count). The fraction of sp³-hybridized carbons (Fsp3) is 0.288. The largest absolute Gasteiger partial charge is 0.441 e. The molecule has 0 saturated carbocycles. The van der Waals surface area contributed by atoms with E-state index in [1.54, 1.807) is 4.90 Å². The van der Waals surface area contributed by atoms with Crippen molar-refractivity contribution in [3.8, 4) is 0 Å². The smallest absolute Gasteiger partial charge is 0.413 e. The molecule has 1 N–H and O–H groups in total. The molecule has 6 aromatic rings. The average molecular weight is 788 g/mol. The first kappa shape index (κ1) is 41.6. The molecule has 1 aliphatic rings. The number of hydrogen-bond acceptors (Lipinski definition) is 6. The van der Waals surface area contributed by atoms with Crippen LogP contribution in [0.3, 0.4) is 0 Å². The predicted molar refractivity (Wildman–Crippen MR) is 235 cm³/mol. The van der Waals surface area contributed by atoms with E-state index in [2.05, 4.69) is 82.6 Å². The highest BCUT2D eigenvalue weighted by atomic mass is 16.6. The normalized spacial score (nSPS) is 16.7. The van der Waals surface area contributed by atoms with Crippen molar-refractivity contribution in [3.63, 3.8) is 0 Å². The highest BCUT2D eigenvalue weighted by molar-refractivity contribution is 5.70. The molecule has 0 unspecified atom stereocenters. The second-order valence-electron chi connectivity index (χ2n) is 16.7. The van der Waals surface area contributed by atoms with E-state index in [-0.39, 0.29) is 0 Å². The molecule has 304 valence electrons. The molecule has 1 heterocycles. The number of carbonyl (C=O) groups is 1. The number of hydrogen-bond donors (Lipinski definition) is 1. The van der Waals surface area contributed by atoms with Crippen LogP contribution in [0.4, 0.5) is 4.79 Å². The van der Waals surface area contributed by atoms with E-state index in [1.165, 1.54) is 0 Å². The Bertz CT molecular complexity index is 2070. The van der Waals surface area contributed by atoms with Crippen molar-refractivity contribution in [3.05, 3.63) is 215 Å². The van der Waals surface area contributed by atoms with Crippen LogP contribution in [0.2, 0.25) is 0 Å². The zero-order chi connectivity index (χ0) is 41.2. The van der Waals surface area contributed by atoms with E-state index in [1.807, 2.05) is 137 Å². The molecular weight excluding hydrogens is 731 g/mol. The van der Waals surface area contributed by atoms with Gasteiger partial charge in [0.25, 0.3) is 0 Å². The minimum Gasteiger partial charge on any atom is -0.441 e. The molecular formula is C52H57N3O4. The second kappa shape index (κ2) is 19.0. The third kappa shape index (κ3) is 10.4. The molecule has 7 nitrogen and oxygen atoms in total. The van der Waals surface area contributed by atoms with Crippen LogP contribution < -0.4 is 0 Å². The predicted octanol–water partition coefficient (Wildman–Crippen LogP) is 10.6. The van der Waals surface area contributed by atoms with Gasteiger partial charge >= 0.3 is 6.09 Å². The van der Waals surface area contributed by atoms with Crippen LogP contribution >= 0.6 is 0 Å². The number of carbonyl (C=O) groups excluding carboxylic acids is 1. The first-order valence-corrected chi connectivity index (χ1v) is 20.7. The lowest BCUT2D eigenvalue weighted by atomic mass is 9.87. The number of aliphatic hydroxyl groups is 1. The summed E-state index contributed by atoms with van der Waals surface area (Å²) in [5.41, 5.74) is 4.69. The molecule has 4 atom stereocenters. The van der Waals surface area contributed by atoms with Gasteiger partial charge in [0.15, 0.2) is 6.10 Å². The average Bonchev–Trinajstić information content (AvgIpc) is 3.48. The van der Waals surface area contributed by atoms with Crippen molar-refractivity contribution >= 4 is 6.09 Å².